The lowest BCUT2D eigenvalue weighted by Crippen LogP contribution is -2.25. The van der Waals surface area contributed by atoms with Crippen LogP contribution in [-0.2, 0) is 5.54 Å². The fourth-order valence-corrected chi connectivity index (χ4v) is 3.67. The molecule has 0 aliphatic heterocycles. The number of nitrogens with two attached hydrogens (primary N) is 1. The summed E-state index contributed by atoms with van der Waals surface area (Å²) in [5.74, 6) is 1.51. The van der Waals surface area contributed by atoms with Crippen molar-refractivity contribution in [3.63, 3.8) is 0 Å². The van der Waals surface area contributed by atoms with Gasteiger partial charge in [0.15, 0.2) is 0 Å². The zero-order valence-electron chi connectivity index (χ0n) is 8.96. The summed E-state index contributed by atoms with van der Waals surface area (Å²) in [5.41, 5.74) is 9.14. The lowest BCUT2D eigenvalue weighted by molar-refractivity contribution is 0.526. The molecule has 2 aliphatic rings. The second-order valence-electron chi connectivity index (χ2n) is 5.04. The molecule has 0 amide bonds. The van der Waals surface area contributed by atoms with Gasteiger partial charge in [0.2, 0.25) is 0 Å². The zero-order chi connectivity index (χ0) is 10.6. The molecule has 0 heterocycles. The summed E-state index contributed by atoms with van der Waals surface area (Å²) in [6, 6.07) is 6.59. The Labute approximate surface area is 99.2 Å². The number of aryl methyl sites for hydroxylation is 1. The maximum Gasteiger partial charge on any atom is 0.0474 e. The number of rotatable bonds is 1. The van der Waals surface area contributed by atoms with Gasteiger partial charge < -0.3 is 5.73 Å². The molecule has 2 N–H and O–H groups in total. The highest BCUT2D eigenvalue weighted by atomic mass is 79.9. The molecule has 2 atom stereocenters. The smallest absolute Gasteiger partial charge is 0.0474 e. The summed E-state index contributed by atoms with van der Waals surface area (Å²) in [7, 11) is 0. The first-order chi connectivity index (χ1) is 7.14. The van der Waals surface area contributed by atoms with Crippen molar-refractivity contribution in [1.82, 2.24) is 0 Å². The molecule has 2 saturated carbocycles. The largest absolute Gasteiger partial charge is 0.321 e. The second kappa shape index (κ2) is 3.08. The van der Waals surface area contributed by atoms with E-state index >= 15 is 0 Å². The van der Waals surface area contributed by atoms with Gasteiger partial charge in [-0.1, -0.05) is 34.5 Å². The number of halogens is 1. The van der Waals surface area contributed by atoms with Gasteiger partial charge in [-0.3, -0.25) is 0 Å². The number of hydrogen-bond donors (Lipinski definition) is 1. The van der Waals surface area contributed by atoms with Crippen LogP contribution in [0.15, 0.2) is 22.7 Å². The van der Waals surface area contributed by atoms with Gasteiger partial charge in [-0.25, -0.2) is 0 Å². The van der Waals surface area contributed by atoms with Gasteiger partial charge in [-0.05, 0) is 48.8 Å². The van der Waals surface area contributed by atoms with Crippen molar-refractivity contribution >= 4 is 15.9 Å². The molecule has 2 fully saturated rings. The van der Waals surface area contributed by atoms with E-state index in [9.17, 15) is 0 Å². The SMILES string of the molecule is Cc1ccc(C2(N)C3CCCC32)cc1Br. The van der Waals surface area contributed by atoms with Crippen LogP contribution in [0.3, 0.4) is 0 Å². The molecular weight excluding hydrogens is 250 g/mol. The van der Waals surface area contributed by atoms with Crippen molar-refractivity contribution in [2.24, 2.45) is 17.6 Å². The minimum absolute atomic E-state index is 0.00840. The van der Waals surface area contributed by atoms with Gasteiger partial charge in [0, 0.05) is 10.0 Å². The predicted molar refractivity (Wildman–Crippen MR) is 65.6 cm³/mol. The maximum absolute atomic E-state index is 6.52. The first kappa shape index (κ1) is 9.86. The molecule has 2 unspecified atom stereocenters. The second-order valence-corrected chi connectivity index (χ2v) is 5.90. The van der Waals surface area contributed by atoms with Crippen molar-refractivity contribution in [3.8, 4) is 0 Å². The average molecular weight is 266 g/mol. The zero-order valence-corrected chi connectivity index (χ0v) is 10.5. The lowest BCUT2D eigenvalue weighted by atomic mass is 9.96. The van der Waals surface area contributed by atoms with Gasteiger partial charge in [-0.15, -0.1) is 0 Å². The fourth-order valence-electron chi connectivity index (χ4n) is 3.29. The fraction of sp³-hybridized carbons (Fsp3) is 0.538. The van der Waals surface area contributed by atoms with E-state index in [-0.39, 0.29) is 5.54 Å². The Morgan fingerprint density at radius 2 is 2.00 bits per heavy atom. The summed E-state index contributed by atoms with van der Waals surface area (Å²) < 4.78 is 1.19. The highest BCUT2D eigenvalue weighted by Crippen LogP contribution is 2.64. The minimum Gasteiger partial charge on any atom is -0.321 e. The first-order valence-corrected chi connectivity index (χ1v) is 6.49. The molecule has 2 aliphatic carbocycles. The molecule has 2 heteroatoms. The van der Waals surface area contributed by atoms with Crippen molar-refractivity contribution < 1.29 is 0 Å². The summed E-state index contributed by atoms with van der Waals surface area (Å²) in [6.45, 7) is 2.12. The van der Waals surface area contributed by atoms with E-state index in [4.69, 9.17) is 5.73 Å². The Balaban J connectivity index is 1.97. The summed E-state index contributed by atoms with van der Waals surface area (Å²) in [6.07, 6.45) is 4.03. The molecule has 0 aromatic heterocycles. The van der Waals surface area contributed by atoms with Crippen LogP contribution >= 0.6 is 15.9 Å². The van der Waals surface area contributed by atoms with Crippen LogP contribution in [0, 0.1) is 18.8 Å². The van der Waals surface area contributed by atoms with Crippen molar-refractivity contribution in [2.75, 3.05) is 0 Å². The van der Waals surface area contributed by atoms with Crippen molar-refractivity contribution in [2.45, 2.75) is 31.7 Å². The first-order valence-electron chi connectivity index (χ1n) is 5.69. The van der Waals surface area contributed by atoms with Gasteiger partial charge in [-0.2, -0.15) is 0 Å². The van der Waals surface area contributed by atoms with E-state index in [0.29, 0.717) is 0 Å². The highest BCUT2D eigenvalue weighted by Gasteiger charge is 2.64. The highest BCUT2D eigenvalue weighted by molar-refractivity contribution is 9.10. The van der Waals surface area contributed by atoms with Gasteiger partial charge in [0.05, 0.1) is 0 Å². The van der Waals surface area contributed by atoms with Crippen LogP contribution in [0.5, 0.6) is 0 Å². The Hall–Kier alpha value is -0.340. The van der Waals surface area contributed by atoms with Crippen LogP contribution in [0.4, 0.5) is 0 Å². The Bertz CT molecular complexity index is 403. The van der Waals surface area contributed by atoms with Crippen LogP contribution in [0.2, 0.25) is 0 Å². The maximum atomic E-state index is 6.52. The Kier molecular flexibility index (Phi) is 2.02. The topological polar surface area (TPSA) is 26.0 Å². The molecule has 1 aromatic rings. The summed E-state index contributed by atoms with van der Waals surface area (Å²) >= 11 is 3.59. The predicted octanol–water partition coefficient (Wildman–Crippen LogP) is 3.34. The quantitative estimate of drug-likeness (QED) is 0.828. The monoisotopic (exact) mass is 265 g/mol. The molecule has 0 bridgehead atoms. The number of fused-ring (bicyclic) bond motifs is 1. The van der Waals surface area contributed by atoms with Crippen molar-refractivity contribution in [3.05, 3.63) is 33.8 Å². The molecular formula is C13H16BrN. The Morgan fingerprint density at radius 3 is 2.60 bits per heavy atom. The average Bonchev–Trinajstić information content (AvgIpc) is 2.66. The minimum atomic E-state index is 0.00840. The number of benzene rings is 1. The molecule has 80 valence electrons. The number of hydrogen-bond acceptors (Lipinski definition) is 1. The molecule has 15 heavy (non-hydrogen) atoms. The van der Waals surface area contributed by atoms with Crippen LogP contribution in [0.25, 0.3) is 0 Å². The van der Waals surface area contributed by atoms with E-state index in [2.05, 4.69) is 41.1 Å². The third kappa shape index (κ3) is 1.24. The third-order valence-electron chi connectivity index (χ3n) is 4.31. The molecule has 3 rings (SSSR count). The van der Waals surface area contributed by atoms with Gasteiger partial charge >= 0.3 is 0 Å². The van der Waals surface area contributed by atoms with Crippen LogP contribution < -0.4 is 5.73 Å². The van der Waals surface area contributed by atoms with Gasteiger partial charge in [0.1, 0.15) is 0 Å². The Morgan fingerprint density at radius 1 is 1.33 bits per heavy atom. The van der Waals surface area contributed by atoms with Gasteiger partial charge in [0.25, 0.3) is 0 Å². The molecule has 0 radical (unpaired) electrons. The summed E-state index contributed by atoms with van der Waals surface area (Å²) in [4.78, 5) is 0. The van der Waals surface area contributed by atoms with E-state index in [1.165, 1.54) is 34.9 Å². The molecule has 0 spiro atoms. The normalized spacial score (nSPS) is 37.8. The summed E-state index contributed by atoms with van der Waals surface area (Å²) in [5, 5.41) is 0. The van der Waals surface area contributed by atoms with E-state index in [0.717, 1.165) is 11.8 Å². The van der Waals surface area contributed by atoms with E-state index in [1.54, 1.807) is 0 Å². The lowest BCUT2D eigenvalue weighted by Gasteiger charge is -2.16. The van der Waals surface area contributed by atoms with E-state index in [1.807, 2.05) is 0 Å². The van der Waals surface area contributed by atoms with Crippen LogP contribution in [0.1, 0.15) is 30.4 Å². The third-order valence-corrected chi connectivity index (χ3v) is 5.16. The van der Waals surface area contributed by atoms with Crippen LogP contribution in [-0.4, -0.2) is 0 Å². The van der Waals surface area contributed by atoms with Crippen molar-refractivity contribution in [1.29, 1.82) is 0 Å². The molecule has 1 nitrogen and oxygen atoms in total. The molecule has 1 aromatic carbocycles. The standard InChI is InChI=1S/C13H16BrN/c1-8-5-6-9(7-12(8)14)13(15)10-3-2-4-11(10)13/h5-7,10-11H,2-4,15H2,1H3. The molecule has 0 saturated heterocycles. The van der Waals surface area contributed by atoms with E-state index < -0.39 is 0 Å².